The van der Waals surface area contributed by atoms with Crippen LogP contribution in [0, 0.1) is 0 Å². The SMILES string of the molecule is CS1=CC(C(=O)Oc2ccc(Cl)cc2)=CN1. The van der Waals surface area contributed by atoms with E-state index >= 15 is 0 Å². The Morgan fingerprint density at radius 3 is 2.62 bits per heavy atom. The number of esters is 1. The summed E-state index contributed by atoms with van der Waals surface area (Å²) in [6.07, 6.45) is 3.65. The van der Waals surface area contributed by atoms with Crippen LogP contribution in [0.15, 0.2) is 36.0 Å². The second-order valence-electron chi connectivity index (χ2n) is 3.24. The number of nitrogens with one attached hydrogen (secondary N) is 1. The predicted octanol–water partition coefficient (Wildman–Crippen LogP) is 2.35. The average molecular weight is 256 g/mol. The van der Waals surface area contributed by atoms with E-state index in [0.29, 0.717) is 16.3 Å². The summed E-state index contributed by atoms with van der Waals surface area (Å²) in [6, 6.07) is 6.68. The first-order valence-corrected chi connectivity index (χ1v) is 6.66. The molecule has 1 heterocycles. The van der Waals surface area contributed by atoms with E-state index in [-0.39, 0.29) is 16.6 Å². The summed E-state index contributed by atoms with van der Waals surface area (Å²) in [4.78, 5) is 11.7. The maximum atomic E-state index is 11.7. The molecule has 0 amide bonds. The van der Waals surface area contributed by atoms with Gasteiger partial charge in [-0.25, -0.2) is 4.79 Å². The summed E-state index contributed by atoms with van der Waals surface area (Å²) in [5.41, 5.74) is 0.556. The Hall–Kier alpha value is -1.26. The lowest BCUT2D eigenvalue weighted by Gasteiger charge is -2.02. The fraction of sp³-hybridized carbons (Fsp3) is 0.0909. The van der Waals surface area contributed by atoms with Crippen molar-refractivity contribution in [3.8, 4) is 5.75 Å². The normalized spacial score (nSPS) is 18.4. The van der Waals surface area contributed by atoms with E-state index in [1.807, 2.05) is 11.6 Å². The molecule has 0 saturated heterocycles. The van der Waals surface area contributed by atoms with E-state index in [0.717, 1.165) is 0 Å². The van der Waals surface area contributed by atoms with Crippen molar-refractivity contribution in [1.29, 1.82) is 0 Å². The van der Waals surface area contributed by atoms with E-state index in [1.54, 1.807) is 30.5 Å². The molecule has 0 bridgehead atoms. The number of rotatable bonds is 2. The van der Waals surface area contributed by atoms with Gasteiger partial charge in [-0.3, -0.25) is 0 Å². The molecule has 1 aliphatic heterocycles. The number of hydrogen-bond donors (Lipinski definition) is 1. The Kier molecular flexibility index (Phi) is 3.31. The first kappa shape index (κ1) is 11.2. The smallest absolute Gasteiger partial charge is 0.345 e. The minimum atomic E-state index is -0.355. The van der Waals surface area contributed by atoms with Crippen LogP contribution >= 0.6 is 22.3 Å². The molecular formula is C11H10ClNO2S. The number of carbonyl (C=O) groups is 1. The van der Waals surface area contributed by atoms with Gasteiger partial charge in [0.2, 0.25) is 0 Å². The number of hydrogen-bond acceptors (Lipinski definition) is 3. The first-order chi connectivity index (χ1) is 7.65. The zero-order chi connectivity index (χ0) is 11.5. The van der Waals surface area contributed by atoms with Gasteiger partial charge in [-0.2, -0.15) is 0 Å². The van der Waals surface area contributed by atoms with Crippen LogP contribution in [-0.4, -0.2) is 17.6 Å². The first-order valence-electron chi connectivity index (χ1n) is 4.59. The molecule has 1 aromatic carbocycles. The molecule has 1 N–H and O–H groups in total. The number of benzene rings is 1. The minimum absolute atomic E-state index is 0.0747. The van der Waals surface area contributed by atoms with Gasteiger partial charge in [0.15, 0.2) is 0 Å². The van der Waals surface area contributed by atoms with Crippen LogP contribution in [0.2, 0.25) is 5.02 Å². The highest BCUT2D eigenvalue weighted by Crippen LogP contribution is 2.18. The van der Waals surface area contributed by atoms with Crippen molar-refractivity contribution in [3.05, 3.63) is 41.1 Å². The molecule has 0 radical (unpaired) electrons. The van der Waals surface area contributed by atoms with Crippen molar-refractivity contribution < 1.29 is 9.53 Å². The van der Waals surface area contributed by atoms with Crippen molar-refractivity contribution in [2.24, 2.45) is 0 Å². The van der Waals surface area contributed by atoms with Gasteiger partial charge >= 0.3 is 5.97 Å². The van der Waals surface area contributed by atoms with Crippen LogP contribution < -0.4 is 9.46 Å². The Labute approximate surface area is 101 Å². The van der Waals surface area contributed by atoms with Crippen LogP contribution in [0.5, 0.6) is 5.75 Å². The molecule has 1 atom stereocenters. The summed E-state index contributed by atoms with van der Waals surface area (Å²) in [5.74, 6) is 0.137. The van der Waals surface area contributed by atoms with E-state index < -0.39 is 0 Å². The van der Waals surface area contributed by atoms with E-state index in [1.165, 1.54) is 0 Å². The molecule has 1 unspecified atom stereocenters. The molecule has 5 heteroatoms. The molecule has 1 aromatic rings. The fourth-order valence-corrected chi connectivity index (χ4v) is 2.24. The Balaban J connectivity index is 2.06. The van der Waals surface area contributed by atoms with Gasteiger partial charge in [-0.05, 0) is 35.9 Å². The molecule has 3 nitrogen and oxygen atoms in total. The second kappa shape index (κ2) is 4.72. The fourth-order valence-electron chi connectivity index (χ4n) is 1.19. The van der Waals surface area contributed by atoms with Crippen molar-refractivity contribution in [3.63, 3.8) is 0 Å². The van der Waals surface area contributed by atoms with Gasteiger partial charge in [0.05, 0.1) is 5.57 Å². The standard InChI is InChI=1S/C11H10ClNO2S/c1-16-7-8(6-13-16)11(14)15-10-4-2-9(12)3-5-10/h2-7,13H,1H3. The zero-order valence-electron chi connectivity index (χ0n) is 8.57. The lowest BCUT2D eigenvalue weighted by molar-refractivity contribution is -0.129. The molecule has 84 valence electrons. The number of ether oxygens (including phenoxy) is 1. The summed E-state index contributed by atoms with van der Waals surface area (Å²) < 4.78 is 8.20. The van der Waals surface area contributed by atoms with E-state index in [2.05, 4.69) is 4.72 Å². The summed E-state index contributed by atoms with van der Waals surface area (Å²) in [7, 11) is -0.0747. The molecular weight excluding hydrogens is 246 g/mol. The Bertz CT molecular complexity index is 479. The third-order valence-electron chi connectivity index (χ3n) is 1.96. The van der Waals surface area contributed by atoms with Crippen LogP contribution in [-0.2, 0) is 4.79 Å². The van der Waals surface area contributed by atoms with E-state index in [4.69, 9.17) is 16.3 Å². The summed E-state index contributed by atoms with van der Waals surface area (Å²) >= 11 is 5.73. The molecule has 0 fully saturated rings. The molecule has 1 aliphatic rings. The van der Waals surface area contributed by atoms with E-state index in [9.17, 15) is 4.79 Å². The number of carbonyl (C=O) groups excluding carboxylic acids is 1. The van der Waals surface area contributed by atoms with Crippen LogP contribution in [0.1, 0.15) is 0 Å². The minimum Gasteiger partial charge on any atom is -0.423 e. The molecule has 16 heavy (non-hydrogen) atoms. The molecule has 0 saturated carbocycles. The highest BCUT2D eigenvalue weighted by atomic mass is 35.5. The second-order valence-corrected chi connectivity index (χ2v) is 5.26. The predicted molar refractivity (Wildman–Crippen MR) is 67.9 cm³/mol. The lowest BCUT2D eigenvalue weighted by atomic mass is 10.3. The molecule has 0 aliphatic carbocycles. The van der Waals surface area contributed by atoms with Gasteiger partial charge in [-0.1, -0.05) is 22.3 Å². The highest BCUT2D eigenvalue weighted by molar-refractivity contribution is 8.13. The topological polar surface area (TPSA) is 38.3 Å². The largest absolute Gasteiger partial charge is 0.423 e. The van der Waals surface area contributed by atoms with Gasteiger partial charge in [0.25, 0.3) is 0 Å². The Morgan fingerprint density at radius 1 is 1.38 bits per heavy atom. The van der Waals surface area contributed by atoms with Crippen LogP contribution in [0.4, 0.5) is 0 Å². The maximum absolute atomic E-state index is 11.7. The quantitative estimate of drug-likeness (QED) is 0.501. The Morgan fingerprint density at radius 2 is 2.06 bits per heavy atom. The lowest BCUT2D eigenvalue weighted by Crippen LogP contribution is -2.11. The monoisotopic (exact) mass is 255 g/mol. The van der Waals surface area contributed by atoms with Crippen LogP contribution in [0.25, 0.3) is 0 Å². The molecule has 2 rings (SSSR count). The number of halogens is 1. The summed E-state index contributed by atoms with van der Waals surface area (Å²) in [6.45, 7) is 0. The third-order valence-corrected chi connectivity index (χ3v) is 3.31. The third kappa shape index (κ3) is 2.65. The van der Waals surface area contributed by atoms with Gasteiger partial charge in [-0.15, -0.1) is 0 Å². The molecule has 0 spiro atoms. The van der Waals surface area contributed by atoms with Crippen molar-refractivity contribution >= 4 is 33.6 Å². The van der Waals surface area contributed by atoms with Gasteiger partial charge < -0.3 is 9.46 Å². The van der Waals surface area contributed by atoms with Crippen molar-refractivity contribution in [1.82, 2.24) is 4.72 Å². The maximum Gasteiger partial charge on any atom is 0.345 e. The highest BCUT2D eigenvalue weighted by Gasteiger charge is 2.13. The van der Waals surface area contributed by atoms with Gasteiger partial charge in [0, 0.05) is 11.2 Å². The van der Waals surface area contributed by atoms with Gasteiger partial charge in [0.1, 0.15) is 5.75 Å². The zero-order valence-corrected chi connectivity index (χ0v) is 10.1. The van der Waals surface area contributed by atoms with Crippen LogP contribution in [0.3, 0.4) is 0 Å². The average Bonchev–Trinajstić information content (AvgIpc) is 2.68. The van der Waals surface area contributed by atoms with Crippen molar-refractivity contribution in [2.45, 2.75) is 0 Å². The van der Waals surface area contributed by atoms with Crippen molar-refractivity contribution in [2.75, 3.05) is 6.26 Å². The summed E-state index contributed by atoms with van der Waals surface area (Å²) in [5, 5.41) is 2.46. The molecule has 0 aromatic heterocycles.